The third kappa shape index (κ3) is 3.30. The number of rotatable bonds is 3. The van der Waals surface area contributed by atoms with Crippen LogP contribution in [0, 0.1) is 19.8 Å². The van der Waals surface area contributed by atoms with Crippen LogP contribution in [0.2, 0.25) is 0 Å². The van der Waals surface area contributed by atoms with Gasteiger partial charge in [-0.1, -0.05) is 31.0 Å². The molecule has 0 saturated heterocycles. The van der Waals surface area contributed by atoms with E-state index < -0.39 is 0 Å². The van der Waals surface area contributed by atoms with Crippen LogP contribution in [0.3, 0.4) is 0 Å². The summed E-state index contributed by atoms with van der Waals surface area (Å²) in [6.07, 6.45) is 4.59. The largest absolute Gasteiger partial charge is 0.349 e. The lowest BCUT2D eigenvalue weighted by atomic mass is 9.85. The Morgan fingerprint density at radius 2 is 1.89 bits per heavy atom. The van der Waals surface area contributed by atoms with E-state index in [9.17, 15) is 4.79 Å². The van der Waals surface area contributed by atoms with Gasteiger partial charge in [0.15, 0.2) is 0 Å². The number of benzene rings is 1. The summed E-state index contributed by atoms with van der Waals surface area (Å²) in [4.78, 5) is 12.5. The maximum Gasteiger partial charge on any atom is 0.252 e. The van der Waals surface area contributed by atoms with Crippen molar-refractivity contribution in [1.82, 2.24) is 5.32 Å². The van der Waals surface area contributed by atoms with Gasteiger partial charge in [-0.2, -0.15) is 0 Å². The predicted octanol–water partition coefficient (Wildman–Crippen LogP) is 3.83. The van der Waals surface area contributed by atoms with Crippen molar-refractivity contribution in [1.29, 1.82) is 0 Å². The number of aryl methyl sites for hydroxylation is 2. The second-order valence-corrected chi connectivity index (χ2v) is 5.85. The van der Waals surface area contributed by atoms with Gasteiger partial charge in [-0.3, -0.25) is 4.79 Å². The zero-order valence-electron chi connectivity index (χ0n) is 11.7. The first-order chi connectivity index (χ1) is 9.13. The Kier molecular flexibility index (Phi) is 4.87. The molecule has 0 aromatic heterocycles. The number of carbonyl (C=O) groups excluding carboxylic acids is 1. The number of carbonyl (C=O) groups is 1. The highest BCUT2D eigenvalue weighted by Gasteiger charge is 2.26. The first kappa shape index (κ1) is 14.4. The molecule has 1 aromatic rings. The number of hydrogen-bond donors (Lipinski definition) is 1. The standard InChI is InChI=1S/C16H22ClNO/c1-11-6-5-7-12(2)15(11)16(19)18-14-9-4-3-8-13(14)10-17/h5-7,13-14H,3-4,8-10H2,1-2H3,(H,18,19). The lowest BCUT2D eigenvalue weighted by Crippen LogP contribution is -2.43. The molecule has 2 atom stereocenters. The molecule has 0 spiro atoms. The van der Waals surface area contributed by atoms with E-state index in [0.29, 0.717) is 11.8 Å². The van der Waals surface area contributed by atoms with Gasteiger partial charge >= 0.3 is 0 Å². The summed E-state index contributed by atoms with van der Waals surface area (Å²) in [7, 11) is 0. The van der Waals surface area contributed by atoms with E-state index in [1.54, 1.807) is 0 Å². The Bertz CT molecular complexity index is 438. The molecule has 2 unspecified atom stereocenters. The highest BCUT2D eigenvalue weighted by atomic mass is 35.5. The lowest BCUT2D eigenvalue weighted by molar-refractivity contribution is 0.0910. The summed E-state index contributed by atoms with van der Waals surface area (Å²) < 4.78 is 0. The molecular formula is C16H22ClNO. The Hall–Kier alpha value is -1.02. The van der Waals surface area contributed by atoms with Crippen LogP contribution in [0.25, 0.3) is 0 Å². The molecule has 2 nitrogen and oxygen atoms in total. The van der Waals surface area contributed by atoms with Gasteiger partial charge in [0.25, 0.3) is 5.91 Å². The van der Waals surface area contributed by atoms with Gasteiger partial charge in [-0.15, -0.1) is 11.6 Å². The Morgan fingerprint density at radius 1 is 1.26 bits per heavy atom. The fourth-order valence-corrected chi connectivity index (χ4v) is 3.36. The number of hydrogen-bond acceptors (Lipinski definition) is 1. The predicted molar refractivity (Wildman–Crippen MR) is 79.8 cm³/mol. The molecule has 1 saturated carbocycles. The molecule has 19 heavy (non-hydrogen) atoms. The van der Waals surface area contributed by atoms with Gasteiger partial charge < -0.3 is 5.32 Å². The van der Waals surface area contributed by atoms with Crippen LogP contribution < -0.4 is 5.32 Å². The van der Waals surface area contributed by atoms with E-state index in [1.165, 1.54) is 12.8 Å². The molecule has 0 bridgehead atoms. The normalized spacial score (nSPS) is 23.1. The highest BCUT2D eigenvalue weighted by molar-refractivity contribution is 6.18. The monoisotopic (exact) mass is 279 g/mol. The average Bonchev–Trinajstić information content (AvgIpc) is 2.39. The highest BCUT2D eigenvalue weighted by Crippen LogP contribution is 2.26. The molecule has 1 amide bonds. The van der Waals surface area contributed by atoms with Gasteiger partial charge in [0.05, 0.1) is 0 Å². The third-order valence-corrected chi connectivity index (χ3v) is 4.53. The van der Waals surface area contributed by atoms with Crippen LogP contribution in [-0.2, 0) is 0 Å². The van der Waals surface area contributed by atoms with E-state index in [0.717, 1.165) is 29.5 Å². The van der Waals surface area contributed by atoms with Crippen molar-refractivity contribution in [2.45, 2.75) is 45.6 Å². The van der Waals surface area contributed by atoms with Crippen molar-refractivity contribution >= 4 is 17.5 Å². The van der Waals surface area contributed by atoms with Crippen molar-refractivity contribution in [2.24, 2.45) is 5.92 Å². The van der Waals surface area contributed by atoms with Gasteiger partial charge in [-0.25, -0.2) is 0 Å². The van der Waals surface area contributed by atoms with Crippen LogP contribution in [0.1, 0.15) is 47.2 Å². The molecule has 0 radical (unpaired) electrons. The van der Waals surface area contributed by atoms with Crippen molar-refractivity contribution in [3.8, 4) is 0 Å². The minimum Gasteiger partial charge on any atom is -0.349 e. The van der Waals surface area contributed by atoms with Crippen molar-refractivity contribution in [3.63, 3.8) is 0 Å². The molecule has 0 heterocycles. The number of nitrogens with one attached hydrogen (secondary N) is 1. The number of halogens is 1. The lowest BCUT2D eigenvalue weighted by Gasteiger charge is -2.31. The molecule has 104 valence electrons. The third-order valence-electron chi connectivity index (χ3n) is 4.13. The minimum absolute atomic E-state index is 0.0533. The van der Waals surface area contributed by atoms with Crippen molar-refractivity contribution in [3.05, 3.63) is 34.9 Å². The molecule has 0 aliphatic heterocycles. The summed E-state index contributed by atoms with van der Waals surface area (Å²) in [5.74, 6) is 1.11. The molecule has 2 rings (SSSR count). The van der Waals surface area contributed by atoms with Crippen LogP contribution in [-0.4, -0.2) is 17.8 Å². The molecule has 1 fully saturated rings. The maximum atomic E-state index is 12.5. The smallest absolute Gasteiger partial charge is 0.252 e. The maximum absolute atomic E-state index is 12.5. The van der Waals surface area contributed by atoms with Gasteiger partial charge in [-0.05, 0) is 43.7 Å². The zero-order chi connectivity index (χ0) is 13.8. The summed E-state index contributed by atoms with van der Waals surface area (Å²) in [6, 6.07) is 6.20. The van der Waals surface area contributed by atoms with Crippen molar-refractivity contribution < 1.29 is 4.79 Å². The average molecular weight is 280 g/mol. The van der Waals surface area contributed by atoms with E-state index >= 15 is 0 Å². The first-order valence-corrected chi connectivity index (χ1v) is 7.60. The van der Waals surface area contributed by atoms with Gasteiger partial charge in [0, 0.05) is 17.5 Å². The van der Waals surface area contributed by atoms with E-state index in [2.05, 4.69) is 5.32 Å². The topological polar surface area (TPSA) is 29.1 Å². The fraction of sp³-hybridized carbons (Fsp3) is 0.562. The molecule has 3 heteroatoms. The molecule has 1 aliphatic rings. The van der Waals surface area contributed by atoms with Crippen molar-refractivity contribution in [2.75, 3.05) is 5.88 Å². The molecule has 1 aliphatic carbocycles. The van der Waals surface area contributed by atoms with Crippen LogP contribution in [0.15, 0.2) is 18.2 Å². The molecule has 1 aromatic carbocycles. The second-order valence-electron chi connectivity index (χ2n) is 5.55. The first-order valence-electron chi connectivity index (χ1n) is 7.06. The van der Waals surface area contributed by atoms with Gasteiger partial charge in [0.2, 0.25) is 0 Å². The quantitative estimate of drug-likeness (QED) is 0.837. The molecule has 1 N–H and O–H groups in total. The minimum atomic E-state index is 0.0533. The van der Waals surface area contributed by atoms with Crippen LogP contribution in [0.5, 0.6) is 0 Å². The molecular weight excluding hydrogens is 258 g/mol. The summed E-state index contributed by atoms with van der Waals surface area (Å²) in [5, 5.41) is 3.19. The summed E-state index contributed by atoms with van der Waals surface area (Å²) >= 11 is 6.02. The van der Waals surface area contributed by atoms with Crippen LogP contribution in [0.4, 0.5) is 0 Å². The van der Waals surface area contributed by atoms with E-state index in [-0.39, 0.29) is 11.9 Å². The number of amides is 1. The Labute approximate surface area is 120 Å². The Balaban J connectivity index is 2.12. The second kappa shape index (κ2) is 6.42. The Morgan fingerprint density at radius 3 is 2.53 bits per heavy atom. The summed E-state index contributed by atoms with van der Waals surface area (Å²) in [6.45, 7) is 3.98. The summed E-state index contributed by atoms with van der Waals surface area (Å²) in [5.41, 5.74) is 2.90. The van der Waals surface area contributed by atoms with Gasteiger partial charge in [0.1, 0.15) is 0 Å². The van der Waals surface area contributed by atoms with E-state index in [1.807, 2.05) is 32.0 Å². The number of alkyl halides is 1. The fourth-order valence-electron chi connectivity index (χ4n) is 3.00. The zero-order valence-corrected chi connectivity index (χ0v) is 12.5. The SMILES string of the molecule is Cc1cccc(C)c1C(=O)NC1CCCCC1CCl. The van der Waals surface area contributed by atoms with Crippen LogP contribution >= 0.6 is 11.6 Å². The van der Waals surface area contributed by atoms with E-state index in [4.69, 9.17) is 11.6 Å².